The minimum atomic E-state index is -0.819. The van der Waals surface area contributed by atoms with E-state index < -0.39 is 5.97 Å². The molecule has 0 radical (unpaired) electrons. The minimum absolute atomic E-state index is 0.140. The average Bonchev–Trinajstić information content (AvgIpc) is 3.06. The lowest BCUT2D eigenvalue weighted by atomic mass is 9.46. The molecule has 3 fully saturated rings. The molecule has 0 saturated heterocycles. The monoisotopic (exact) mass is 452 g/mol. The van der Waals surface area contributed by atoms with Gasteiger partial charge in [-0.1, -0.05) is 64.5 Å². The normalized spacial score (nSPS) is 41.0. The number of carbonyl (C=O) groups excluding carboxylic acids is 1. The molecule has 33 heavy (non-hydrogen) atoms. The van der Waals surface area contributed by atoms with Crippen LogP contribution in [0.25, 0.3) is 0 Å². The largest absolute Gasteiger partial charge is 0.478 e. The van der Waals surface area contributed by atoms with Crippen LogP contribution in [0.15, 0.2) is 35.5 Å². The highest BCUT2D eigenvalue weighted by molar-refractivity contribution is 5.86. The molecule has 0 aromatic heterocycles. The van der Waals surface area contributed by atoms with Crippen molar-refractivity contribution in [2.24, 2.45) is 45.8 Å². The molecule has 0 aliphatic heterocycles. The molecule has 182 valence electrons. The van der Waals surface area contributed by atoms with Crippen molar-refractivity contribution in [3.63, 3.8) is 0 Å². The first-order chi connectivity index (χ1) is 15.3. The molecule has 1 N–H and O–H groups in total. The molecule has 3 nitrogen and oxygen atoms in total. The molecule has 0 bridgehead atoms. The third kappa shape index (κ3) is 3.69. The van der Waals surface area contributed by atoms with Gasteiger partial charge in [-0.2, -0.15) is 0 Å². The first-order valence-electron chi connectivity index (χ1n) is 13.2. The van der Waals surface area contributed by atoms with Crippen LogP contribution in [-0.2, 0) is 9.59 Å². The minimum Gasteiger partial charge on any atom is -0.478 e. The predicted molar refractivity (Wildman–Crippen MR) is 134 cm³/mol. The number of aliphatic carboxylic acids is 1. The van der Waals surface area contributed by atoms with Crippen molar-refractivity contribution >= 4 is 11.8 Å². The van der Waals surface area contributed by atoms with Gasteiger partial charge in [0.15, 0.2) is 0 Å². The van der Waals surface area contributed by atoms with Gasteiger partial charge in [-0.05, 0) is 86.4 Å². The van der Waals surface area contributed by atoms with Gasteiger partial charge in [0.05, 0.1) is 0 Å². The van der Waals surface area contributed by atoms with E-state index in [-0.39, 0.29) is 16.2 Å². The number of rotatable bonds is 5. The van der Waals surface area contributed by atoms with Crippen LogP contribution in [0.3, 0.4) is 0 Å². The molecule has 0 aromatic carbocycles. The number of carboxylic acid groups (broad SMARTS) is 1. The Kier molecular flexibility index (Phi) is 6.11. The standard InChI is InChI=1S/C30H44O3/c1-18(9-8-10-19(2)27(32)33)21-13-15-29(6)22-11-12-25-28(4,5)26(31)14-16-30(25,7)24(22)17-23(29)20(21)3/h10,17-18,21-23,25H,3,8-9,11-16H2,1-2,4-7H3,(H,32,33). The fourth-order valence-corrected chi connectivity index (χ4v) is 8.59. The molecular formula is C30H44O3. The van der Waals surface area contributed by atoms with Crippen molar-refractivity contribution in [3.8, 4) is 0 Å². The Labute approximate surface area is 200 Å². The van der Waals surface area contributed by atoms with E-state index in [0.717, 1.165) is 25.7 Å². The summed E-state index contributed by atoms with van der Waals surface area (Å²) in [5.74, 6) is 2.16. The Balaban J connectivity index is 1.56. The van der Waals surface area contributed by atoms with E-state index in [1.54, 1.807) is 12.5 Å². The number of hydrogen-bond donors (Lipinski definition) is 1. The van der Waals surface area contributed by atoms with E-state index in [2.05, 4.69) is 40.7 Å². The lowest BCUT2D eigenvalue weighted by Crippen LogP contribution is -2.52. The Morgan fingerprint density at radius 3 is 2.58 bits per heavy atom. The molecule has 0 heterocycles. The van der Waals surface area contributed by atoms with E-state index in [1.165, 1.54) is 31.3 Å². The molecule has 3 saturated carbocycles. The number of allylic oxidation sites excluding steroid dienone is 4. The number of carboxylic acids is 1. The van der Waals surface area contributed by atoms with Crippen LogP contribution in [0.5, 0.6) is 0 Å². The van der Waals surface area contributed by atoms with Gasteiger partial charge >= 0.3 is 5.97 Å². The van der Waals surface area contributed by atoms with Gasteiger partial charge in [0, 0.05) is 23.3 Å². The number of carbonyl (C=O) groups is 2. The van der Waals surface area contributed by atoms with Crippen LogP contribution in [0, 0.1) is 45.8 Å². The summed E-state index contributed by atoms with van der Waals surface area (Å²) in [7, 11) is 0. The lowest BCUT2D eigenvalue weighted by molar-refractivity contribution is -0.140. The second kappa shape index (κ2) is 8.24. The molecule has 4 aliphatic rings. The van der Waals surface area contributed by atoms with Gasteiger partial charge in [-0.15, -0.1) is 0 Å². The highest BCUT2D eigenvalue weighted by atomic mass is 16.4. The molecule has 7 unspecified atom stereocenters. The topological polar surface area (TPSA) is 54.4 Å². The maximum atomic E-state index is 12.8. The maximum Gasteiger partial charge on any atom is 0.330 e. The van der Waals surface area contributed by atoms with E-state index in [4.69, 9.17) is 11.7 Å². The Morgan fingerprint density at radius 1 is 1.21 bits per heavy atom. The number of Topliss-reactive ketones (excluding diaryl/α,β-unsaturated/α-hetero) is 1. The highest BCUT2D eigenvalue weighted by Crippen LogP contribution is 2.69. The first kappa shape index (κ1) is 24.5. The Morgan fingerprint density at radius 2 is 1.91 bits per heavy atom. The zero-order chi connectivity index (χ0) is 24.3. The number of hydrogen-bond acceptors (Lipinski definition) is 2. The van der Waals surface area contributed by atoms with E-state index >= 15 is 0 Å². The van der Waals surface area contributed by atoms with Crippen LogP contribution < -0.4 is 0 Å². The fraction of sp³-hybridized carbons (Fsp3) is 0.733. The quantitative estimate of drug-likeness (QED) is 0.349. The van der Waals surface area contributed by atoms with Crippen LogP contribution in [0.1, 0.15) is 92.9 Å². The summed E-state index contributed by atoms with van der Waals surface area (Å²) in [5, 5.41) is 9.11. The summed E-state index contributed by atoms with van der Waals surface area (Å²) in [5.41, 5.74) is 3.69. The van der Waals surface area contributed by atoms with Gasteiger partial charge in [-0.25, -0.2) is 4.79 Å². The molecule has 0 amide bonds. The number of fused-ring (bicyclic) bond motifs is 5. The van der Waals surface area contributed by atoms with Crippen molar-refractivity contribution in [1.29, 1.82) is 0 Å². The Bertz CT molecular complexity index is 921. The van der Waals surface area contributed by atoms with E-state index in [9.17, 15) is 9.59 Å². The third-order valence-electron chi connectivity index (χ3n) is 10.8. The van der Waals surface area contributed by atoms with Crippen molar-refractivity contribution in [1.82, 2.24) is 0 Å². The van der Waals surface area contributed by atoms with Crippen LogP contribution in [0.4, 0.5) is 0 Å². The summed E-state index contributed by atoms with van der Waals surface area (Å²) in [6.07, 6.45) is 12.9. The molecule has 4 rings (SSSR count). The lowest BCUT2D eigenvalue weighted by Gasteiger charge is -2.57. The van der Waals surface area contributed by atoms with Crippen LogP contribution >= 0.6 is 0 Å². The van der Waals surface area contributed by atoms with Crippen molar-refractivity contribution in [3.05, 3.63) is 35.5 Å². The molecule has 4 aliphatic carbocycles. The van der Waals surface area contributed by atoms with E-state index in [1.807, 2.05) is 6.08 Å². The van der Waals surface area contributed by atoms with Gasteiger partial charge in [0.1, 0.15) is 5.78 Å². The van der Waals surface area contributed by atoms with Gasteiger partial charge < -0.3 is 5.11 Å². The summed E-state index contributed by atoms with van der Waals surface area (Å²) in [6.45, 7) is 18.1. The fourth-order valence-electron chi connectivity index (χ4n) is 8.59. The second-order valence-electron chi connectivity index (χ2n) is 12.8. The molecule has 0 aromatic rings. The van der Waals surface area contributed by atoms with Crippen LogP contribution in [0.2, 0.25) is 0 Å². The smallest absolute Gasteiger partial charge is 0.330 e. The van der Waals surface area contributed by atoms with Crippen molar-refractivity contribution in [2.45, 2.75) is 92.9 Å². The third-order valence-corrected chi connectivity index (χ3v) is 10.8. The van der Waals surface area contributed by atoms with Crippen molar-refractivity contribution < 1.29 is 14.7 Å². The summed E-state index contributed by atoms with van der Waals surface area (Å²) >= 11 is 0. The first-order valence-corrected chi connectivity index (χ1v) is 13.2. The van der Waals surface area contributed by atoms with Gasteiger partial charge in [0.2, 0.25) is 0 Å². The molecule has 7 atom stereocenters. The zero-order valence-electron chi connectivity index (χ0n) is 21.7. The summed E-state index contributed by atoms with van der Waals surface area (Å²) in [6, 6.07) is 0. The Hall–Kier alpha value is -1.64. The van der Waals surface area contributed by atoms with Gasteiger partial charge in [0.25, 0.3) is 0 Å². The SMILES string of the molecule is C=C1C(C(C)CCC=C(C)C(=O)O)CCC2(C)C1C=C1C2CCC2C(C)(C)C(=O)CCC12C. The molecule has 3 heteroatoms. The van der Waals surface area contributed by atoms with Gasteiger partial charge in [-0.3, -0.25) is 4.79 Å². The van der Waals surface area contributed by atoms with Crippen LogP contribution in [-0.4, -0.2) is 16.9 Å². The second-order valence-corrected chi connectivity index (χ2v) is 12.8. The molecule has 0 spiro atoms. The molecular weight excluding hydrogens is 408 g/mol. The van der Waals surface area contributed by atoms with E-state index in [0.29, 0.717) is 40.9 Å². The maximum absolute atomic E-state index is 12.8. The number of ketones is 1. The van der Waals surface area contributed by atoms with Crippen molar-refractivity contribution in [2.75, 3.05) is 0 Å². The summed E-state index contributed by atoms with van der Waals surface area (Å²) < 4.78 is 0. The predicted octanol–water partition coefficient (Wildman–Crippen LogP) is 7.38. The average molecular weight is 453 g/mol. The zero-order valence-corrected chi connectivity index (χ0v) is 21.7. The highest BCUT2D eigenvalue weighted by Gasteiger charge is 2.62. The summed E-state index contributed by atoms with van der Waals surface area (Å²) in [4.78, 5) is 23.9.